The van der Waals surface area contributed by atoms with Crippen LogP contribution in [0.15, 0.2) is 30.3 Å². The van der Waals surface area contributed by atoms with Crippen molar-refractivity contribution in [2.75, 3.05) is 6.54 Å². The van der Waals surface area contributed by atoms with Gasteiger partial charge in [-0.3, -0.25) is 0 Å². The lowest BCUT2D eigenvalue weighted by Crippen LogP contribution is -2.32. The zero-order valence-electron chi connectivity index (χ0n) is 11.2. The van der Waals surface area contributed by atoms with E-state index in [1.165, 1.54) is 5.56 Å². The zero-order valence-corrected chi connectivity index (χ0v) is 11.2. The highest BCUT2D eigenvalue weighted by molar-refractivity contribution is 5.14. The first-order chi connectivity index (χ1) is 7.97. The van der Waals surface area contributed by atoms with E-state index in [4.69, 9.17) is 0 Å². The van der Waals surface area contributed by atoms with Crippen molar-refractivity contribution in [2.45, 2.75) is 51.7 Å². The summed E-state index contributed by atoms with van der Waals surface area (Å²) in [6, 6.07) is 11.1. The van der Waals surface area contributed by atoms with E-state index in [2.05, 4.69) is 42.6 Å². The number of hydrogen-bond acceptors (Lipinski definition) is 2. The zero-order chi connectivity index (χ0) is 12.7. The summed E-state index contributed by atoms with van der Waals surface area (Å²) in [4.78, 5) is 0. The van der Waals surface area contributed by atoms with Gasteiger partial charge in [0.05, 0.1) is 5.60 Å². The van der Waals surface area contributed by atoms with Crippen molar-refractivity contribution < 1.29 is 5.11 Å². The molecular formula is C15H25NO. The van der Waals surface area contributed by atoms with Gasteiger partial charge in [0, 0.05) is 6.04 Å². The van der Waals surface area contributed by atoms with Crippen molar-refractivity contribution in [1.82, 2.24) is 5.32 Å². The minimum absolute atomic E-state index is 0.498. The first kappa shape index (κ1) is 14.2. The van der Waals surface area contributed by atoms with E-state index in [9.17, 15) is 5.11 Å². The number of hydrogen-bond donors (Lipinski definition) is 2. The van der Waals surface area contributed by atoms with Gasteiger partial charge in [-0.25, -0.2) is 0 Å². The standard InChI is InChI=1S/C15H25NO/c1-13(16-12-11-15(2,3)17)9-10-14-7-5-4-6-8-14/h4-8,13,16-17H,9-12H2,1-3H3. The van der Waals surface area contributed by atoms with Crippen molar-refractivity contribution in [3.8, 4) is 0 Å². The van der Waals surface area contributed by atoms with Crippen LogP contribution in [0.3, 0.4) is 0 Å². The second-order valence-electron chi connectivity index (χ2n) is 5.44. The fraction of sp³-hybridized carbons (Fsp3) is 0.600. The Kier molecular flexibility index (Phi) is 5.66. The van der Waals surface area contributed by atoms with E-state index in [-0.39, 0.29) is 0 Å². The molecule has 0 aromatic heterocycles. The largest absolute Gasteiger partial charge is 0.390 e. The van der Waals surface area contributed by atoms with E-state index < -0.39 is 5.60 Å². The quantitative estimate of drug-likeness (QED) is 0.761. The molecule has 0 fully saturated rings. The van der Waals surface area contributed by atoms with Crippen LogP contribution in [0.5, 0.6) is 0 Å². The highest BCUT2D eigenvalue weighted by atomic mass is 16.3. The molecule has 1 aromatic carbocycles. The SMILES string of the molecule is CC(CCc1ccccc1)NCCC(C)(C)O. The molecule has 0 spiro atoms. The summed E-state index contributed by atoms with van der Waals surface area (Å²) in [7, 11) is 0. The second-order valence-corrected chi connectivity index (χ2v) is 5.44. The van der Waals surface area contributed by atoms with E-state index in [0.717, 1.165) is 25.8 Å². The highest BCUT2D eigenvalue weighted by Gasteiger charge is 2.12. The van der Waals surface area contributed by atoms with Gasteiger partial charge in [0.15, 0.2) is 0 Å². The van der Waals surface area contributed by atoms with Gasteiger partial charge in [-0.2, -0.15) is 0 Å². The van der Waals surface area contributed by atoms with Crippen LogP contribution in [0.1, 0.15) is 39.2 Å². The molecule has 96 valence electrons. The van der Waals surface area contributed by atoms with Gasteiger partial charge < -0.3 is 10.4 Å². The molecule has 1 aromatic rings. The Balaban J connectivity index is 2.15. The Morgan fingerprint density at radius 3 is 2.47 bits per heavy atom. The summed E-state index contributed by atoms with van der Waals surface area (Å²) in [6.45, 7) is 6.78. The minimum atomic E-state index is -0.563. The molecule has 0 radical (unpaired) electrons. The summed E-state index contributed by atoms with van der Waals surface area (Å²) in [6.07, 6.45) is 3.04. The second kappa shape index (κ2) is 6.77. The number of rotatable bonds is 7. The molecule has 0 saturated carbocycles. The van der Waals surface area contributed by atoms with E-state index in [0.29, 0.717) is 6.04 Å². The molecule has 0 bridgehead atoms. The van der Waals surface area contributed by atoms with Gasteiger partial charge in [0.1, 0.15) is 0 Å². The van der Waals surface area contributed by atoms with E-state index >= 15 is 0 Å². The molecule has 1 rings (SSSR count). The van der Waals surface area contributed by atoms with Crippen molar-refractivity contribution >= 4 is 0 Å². The summed E-state index contributed by atoms with van der Waals surface area (Å²) in [5, 5.41) is 13.0. The fourth-order valence-electron chi connectivity index (χ4n) is 1.75. The molecule has 0 aliphatic carbocycles. The predicted octanol–water partition coefficient (Wildman–Crippen LogP) is 2.76. The third-order valence-corrected chi connectivity index (χ3v) is 2.94. The third kappa shape index (κ3) is 7.14. The van der Waals surface area contributed by atoms with Gasteiger partial charge >= 0.3 is 0 Å². The summed E-state index contributed by atoms with van der Waals surface area (Å²) in [5.41, 5.74) is 0.829. The monoisotopic (exact) mass is 235 g/mol. The fourth-order valence-corrected chi connectivity index (χ4v) is 1.75. The maximum Gasteiger partial charge on any atom is 0.0603 e. The molecule has 2 heteroatoms. The lowest BCUT2D eigenvalue weighted by atomic mass is 10.0. The van der Waals surface area contributed by atoms with Gasteiger partial charge in [-0.1, -0.05) is 30.3 Å². The van der Waals surface area contributed by atoms with Crippen LogP contribution in [0.25, 0.3) is 0 Å². The molecular weight excluding hydrogens is 210 g/mol. The smallest absolute Gasteiger partial charge is 0.0603 e. The van der Waals surface area contributed by atoms with Crippen LogP contribution in [-0.4, -0.2) is 23.3 Å². The first-order valence-electron chi connectivity index (χ1n) is 6.47. The molecule has 0 amide bonds. The molecule has 0 saturated heterocycles. The van der Waals surface area contributed by atoms with Crippen LogP contribution in [0, 0.1) is 0 Å². The summed E-state index contributed by atoms with van der Waals surface area (Å²) < 4.78 is 0. The average molecular weight is 235 g/mol. The Morgan fingerprint density at radius 1 is 1.24 bits per heavy atom. The number of aryl methyl sites for hydroxylation is 1. The topological polar surface area (TPSA) is 32.3 Å². The van der Waals surface area contributed by atoms with Crippen LogP contribution >= 0.6 is 0 Å². The predicted molar refractivity (Wildman–Crippen MR) is 73.1 cm³/mol. The lowest BCUT2D eigenvalue weighted by Gasteiger charge is -2.19. The Bertz CT molecular complexity index is 302. The molecule has 1 atom stereocenters. The highest BCUT2D eigenvalue weighted by Crippen LogP contribution is 2.07. The number of aliphatic hydroxyl groups is 1. The van der Waals surface area contributed by atoms with Gasteiger partial charge in [-0.05, 0) is 52.1 Å². The van der Waals surface area contributed by atoms with Crippen LogP contribution < -0.4 is 5.32 Å². The van der Waals surface area contributed by atoms with Crippen molar-refractivity contribution in [3.63, 3.8) is 0 Å². The van der Waals surface area contributed by atoms with E-state index in [1.54, 1.807) is 0 Å². The molecule has 2 N–H and O–H groups in total. The van der Waals surface area contributed by atoms with Gasteiger partial charge in [0.2, 0.25) is 0 Å². The van der Waals surface area contributed by atoms with Crippen molar-refractivity contribution in [1.29, 1.82) is 0 Å². The minimum Gasteiger partial charge on any atom is -0.390 e. The number of benzene rings is 1. The van der Waals surface area contributed by atoms with Crippen molar-refractivity contribution in [3.05, 3.63) is 35.9 Å². The molecule has 17 heavy (non-hydrogen) atoms. The summed E-state index contributed by atoms with van der Waals surface area (Å²) >= 11 is 0. The van der Waals surface area contributed by atoms with Crippen LogP contribution in [0.4, 0.5) is 0 Å². The molecule has 1 unspecified atom stereocenters. The molecule has 0 aliphatic heterocycles. The molecule has 0 heterocycles. The lowest BCUT2D eigenvalue weighted by molar-refractivity contribution is 0.0704. The third-order valence-electron chi connectivity index (χ3n) is 2.94. The van der Waals surface area contributed by atoms with Crippen LogP contribution in [0.2, 0.25) is 0 Å². The van der Waals surface area contributed by atoms with Crippen molar-refractivity contribution in [2.24, 2.45) is 0 Å². The van der Waals surface area contributed by atoms with Gasteiger partial charge in [0.25, 0.3) is 0 Å². The maximum absolute atomic E-state index is 9.60. The first-order valence-corrected chi connectivity index (χ1v) is 6.47. The van der Waals surface area contributed by atoms with Gasteiger partial charge in [-0.15, -0.1) is 0 Å². The molecule has 2 nitrogen and oxygen atoms in total. The summed E-state index contributed by atoms with van der Waals surface area (Å²) in [5.74, 6) is 0. The van der Waals surface area contributed by atoms with Crippen LogP contribution in [-0.2, 0) is 6.42 Å². The Hall–Kier alpha value is -0.860. The Morgan fingerprint density at radius 2 is 1.88 bits per heavy atom. The normalized spacial score (nSPS) is 13.6. The molecule has 0 aliphatic rings. The van der Waals surface area contributed by atoms with E-state index in [1.807, 2.05) is 13.8 Å². The average Bonchev–Trinajstić information content (AvgIpc) is 2.26. The Labute approximate surface area is 105 Å². The number of nitrogens with one attached hydrogen (secondary N) is 1. The maximum atomic E-state index is 9.60.